The summed E-state index contributed by atoms with van der Waals surface area (Å²) in [6.45, 7) is 9.29. The van der Waals surface area contributed by atoms with Crippen molar-refractivity contribution in [3.63, 3.8) is 0 Å². The van der Waals surface area contributed by atoms with Crippen LogP contribution in [0.25, 0.3) is 0 Å². The van der Waals surface area contributed by atoms with E-state index in [4.69, 9.17) is 5.73 Å². The van der Waals surface area contributed by atoms with Crippen molar-refractivity contribution >= 4 is 29.6 Å². The number of rotatable bonds is 23. The number of amides is 4. The molecular formula is C40H61N5O9. The van der Waals surface area contributed by atoms with E-state index in [1.807, 2.05) is 13.8 Å². The molecule has 0 heterocycles. The van der Waals surface area contributed by atoms with E-state index in [1.165, 1.54) is 48.3 Å². The van der Waals surface area contributed by atoms with Gasteiger partial charge in [0.2, 0.25) is 17.7 Å². The predicted octanol–water partition coefficient (Wildman–Crippen LogP) is 3.00. The van der Waals surface area contributed by atoms with Gasteiger partial charge in [0.15, 0.2) is 0 Å². The number of carboxylic acids is 1. The monoisotopic (exact) mass is 755 g/mol. The third-order valence-corrected chi connectivity index (χ3v) is 9.36. The highest BCUT2D eigenvalue weighted by Gasteiger charge is 2.37. The van der Waals surface area contributed by atoms with Crippen LogP contribution in [0, 0.1) is 11.8 Å². The number of nitrogens with zero attached hydrogens (tertiary/aromatic N) is 1. The minimum atomic E-state index is -1.53. The second-order valence-electron chi connectivity index (χ2n) is 14.8. The lowest BCUT2D eigenvalue weighted by molar-refractivity contribution is -0.145. The summed E-state index contributed by atoms with van der Waals surface area (Å²) in [4.78, 5) is 68.4. The van der Waals surface area contributed by atoms with E-state index in [0.29, 0.717) is 17.5 Å². The summed E-state index contributed by atoms with van der Waals surface area (Å²) in [5, 5.41) is 48.0. The summed E-state index contributed by atoms with van der Waals surface area (Å²) in [6.07, 6.45) is 3.83. The van der Waals surface area contributed by atoms with Gasteiger partial charge in [-0.05, 0) is 60.1 Å². The fraction of sp³-hybridized carbons (Fsp3) is 0.575. The Morgan fingerprint density at radius 1 is 0.722 bits per heavy atom. The van der Waals surface area contributed by atoms with Crippen LogP contribution in [0.5, 0.6) is 11.5 Å². The molecule has 0 bridgehead atoms. The second-order valence-corrected chi connectivity index (χ2v) is 14.8. The van der Waals surface area contributed by atoms with Crippen LogP contribution in [0.15, 0.2) is 48.5 Å². The first-order valence-electron chi connectivity index (χ1n) is 18.8. The quantitative estimate of drug-likeness (QED) is 0.0773. The van der Waals surface area contributed by atoms with Crippen LogP contribution in [0.3, 0.4) is 0 Å². The molecule has 2 rings (SSSR count). The lowest BCUT2D eigenvalue weighted by Crippen LogP contribution is -2.60. The number of carbonyl (C=O) groups excluding carboxylic acids is 4. The molecule has 14 nitrogen and oxygen atoms in total. The Morgan fingerprint density at radius 2 is 1.22 bits per heavy atom. The highest BCUT2D eigenvalue weighted by Crippen LogP contribution is 2.18. The number of aromatic hydroxyl groups is 2. The first-order valence-corrected chi connectivity index (χ1v) is 18.8. The van der Waals surface area contributed by atoms with Crippen LogP contribution in [0.2, 0.25) is 0 Å². The summed E-state index contributed by atoms with van der Waals surface area (Å²) in [7, 11) is 1.43. The number of benzene rings is 2. The first-order chi connectivity index (χ1) is 25.4. The molecular weight excluding hydrogens is 694 g/mol. The van der Waals surface area contributed by atoms with Gasteiger partial charge < -0.3 is 47.0 Å². The van der Waals surface area contributed by atoms with Crippen molar-refractivity contribution in [3.8, 4) is 11.5 Å². The smallest absolute Gasteiger partial charge is 0.326 e. The largest absolute Gasteiger partial charge is 0.508 e. The second kappa shape index (κ2) is 22.5. The Hall–Kier alpha value is -4.69. The maximum Gasteiger partial charge on any atom is 0.326 e. The topological polar surface area (TPSA) is 232 Å². The van der Waals surface area contributed by atoms with Gasteiger partial charge in [0.1, 0.15) is 41.8 Å². The summed E-state index contributed by atoms with van der Waals surface area (Å²) in [5.41, 5.74) is 7.24. The number of phenols is 2. The van der Waals surface area contributed by atoms with Crippen LogP contribution in [-0.4, -0.2) is 98.3 Å². The van der Waals surface area contributed by atoms with Gasteiger partial charge in [0.25, 0.3) is 5.91 Å². The maximum atomic E-state index is 14.1. The zero-order valence-corrected chi connectivity index (χ0v) is 32.5. The number of carbonyl (C=O) groups is 5. The lowest BCUT2D eigenvalue weighted by atomic mass is 9.97. The minimum absolute atomic E-state index is 0.00174. The number of unbranched alkanes of at least 4 members (excludes halogenated alkanes) is 4. The molecule has 2 aromatic carbocycles. The average molecular weight is 756 g/mol. The Balaban J connectivity index is 2.31. The number of phenolic OH excluding ortho intramolecular Hbond substituents is 2. The Morgan fingerprint density at radius 3 is 1.70 bits per heavy atom. The van der Waals surface area contributed by atoms with Crippen LogP contribution in [0.4, 0.5) is 0 Å². The number of aliphatic hydroxyl groups is 1. The van der Waals surface area contributed by atoms with Crippen LogP contribution >= 0.6 is 0 Å². The molecule has 300 valence electrons. The van der Waals surface area contributed by atoms with Gasteiger partial charge in [-0.2, -0.15) is 0 Å². The van der Waals surface area contributed by atoms with E-state index < -0.39 is 71.8 Å². The van der Waals surface area contributed by atoms with Crippen molar-refractivity contribution in [2.75, 3.05) is 7.05 Å². The van der Waals surface area contributed by atoms with Gasteiger partial charge in [-0.25, -0.2) is 4.79 Å². The van der Waals surface area contributed by atoms with Crippen molar-refractivity contribution < 1.29 is 44.4 Å². The van der Waals surface area contributed by atoms with Crippen LogP contribution in [0.1, 0.15) is 90.7 Å². The normalized spacial score (nSPS) is 14.7. The number of nitrogens with two attached hydrogens (primary N) is 1. The van der Waals surface area contributed by atoms with Gasteiger partial charge in [-0.15, -0.1) is 0 Å². The molecule has 4 amide bonds. The summed E-state index contributed by atoms with van der Waals surface area (Å²) < 4.78 is 0. The lowest BCUT2D eigenvalue weighted by Gasteiger charge is -2.34. The van der Waals surface area contributed by atoms with Crippen LogP contribution in [-0.2, 0) is 36.8 Å². The molecule has 14 heteroatoms. The molecule has 0 aliphatic heterocycles. The molecule has 0 saturated heterocycles. The van der Waals surface area contributed by atoms with E-state index in [9.17, 15) is 44.4 Å². The van der Waals surface area contributed by atoms with Crippen LogP contribution < -0.4 is 21.7 Å². The van der Waals surface area contributed by atoms with Crippen molar-refractivity contribution in [2.45, 2.75) is 129 Å². The molecule has 9 N–H and O–H groups in total. The van der Waals surface area contributed by atoms with Gasteiger partial charge in [-0.1, -0.05) is 91.0 Å². The van der Waals surface area contributed by atoms with Crippen molar-refractivity contribution in [1.82, 2.24) is 20.9 Å². The molecule has 6 atom stereocenters. The molecule has 0 fully saturated rings. The van der Waals surface area contributed by atoms with Gasteiger partial charge in [0.05, 0.1) is 0 Å². The van der Waals surface area contributed by atoms with Crippen molar-refractivity contribution in [3.05, 3.63) is 59.7 Å². The highest BCUT2D eigenvalue weighted by molar-refractivity contribution is 5.95. The number of nitrogens with one attached hydrogen (secondary N) is 3. The fourth-order valence-corrected chi connectivity index (χ4v) is 6.03. The van der Waals surface area contributed by atoms with Gasteiger partial charge in [0, 0.05) is 25.9 Å². The Bertz CT molecular complexity index is 1500. The Kier molecular flexibility index (Phi) is 19.0. The van der Waals surface area contributed by atoms with E-state index in [0.717, 1.165) is 32.1 Å². The zero-order chi connectivity index (χ0) is 40.5. The highest BCUT2D eigenvalue weighted by atomic mass is 16.4. The third-order valence-electron chi connectivity index (χ3n) is 9.36. The summed E-state index contributed by atoms with van der Waals surface area (Å²) >= 11 is 0. The molecule has 0 saturated carbocycles. The van der Waals surface area contributed by atoms with E-state index in [1.54, 1.807) is 26.0 Å². The first kappa shape index (κ1) is 45.5. The number of aliphatic carboxylic acids is 1. The number of hydrogen-bond donors (Lipinski definition) is 8. The number of carboxylic acid groups (broad SMARTS) is 1. The number of likely N-dealkylation sites (N-methyl/N-ethyl adjacent to an activating group) is 1. The average Bonchev–Trinajstić information content (AvgIpc) is 3.12. The summed E-state index contributed by atoms with van der Waals surface area (Å²) in [6, 6.07) is 6.15. The van der Waals surface area contributed by atoms with Crippen molar-refractivity contribution in [2.24, 2.45) is 17.6 Å². The Labute approximate surface area is 318 Å². The van der Waals surface area contributed by atoms with Gasteiger partial charge in [-0.3, -0.25) is 19.2 Å². The number of aliphatic hydroxyl groups excluding tert-OH is 1. The third kappa shape index (κ3) is 15.0. The molecule has 54 heavy (non-hydrogen) atoms. The zero-order valence-electron chi connectivity index (χ0n) is 32.5. The molecule has 0 aliphatic carbocycles. The molecule has 0 radical (unpaired) electrons. The molecule has 0 spiro atoms. The molecule has 2 aromatic rings. The van der Waals surface area contributed by atoms with E-state index in [2.05, 4.69) is 22.9 Å². The molecule has 6 unspecified atom stereocenters. The van der Waals surface area contributed by atoms with E-state index >= 15 is 0 Å². The maximum absolute atomic E-state index is 14.1. The summed E-state index contributed by atoms with van der Waals surface area (Å²) in [5.74, 6) is -4.68. The number of hydrogen-bond acceptors (Lipinski definition) is 9. The fourth-order valence-electron chi connectivity index (χ4n) is 6.03. The molecule has 0 aliphatic rings. The SMILES string of the molecule is CCCCCCCC(N)C(O)C(=O)NC(C(=O)N(C)C(CC(C)C)C(=O)NC(Cc1ccc(O)cc1)C(=O)NC(Cc1ccc(O)cc1)C(=O)O)C(C)C. The van der Waals surface area contributed by atoms with Crippen molar-refractivity contribution in [1.29, 1.82) is 0 Å². The van der Waals surface area contributed by atoms with Gasteiger partial charge >= 0.3 is 5.97 Å². The standard InChI is InChI=1S/C40H61N5O9/c1-7-8-9-10-11-12-30(41)35(48)38(51)44-34(25(4)5)39(52)45(6)33(21-24(2)3)37(50)42-31(22-26-13-17-28(46)18-14-26)36(49)43-32(40(53)54)23-27-15-19-29(47)20-16-27/h13-20,24-25,30-35,46-48H,7-12,21-23,41H2,1-6H3,(H,42,50)(H,43,49)(H,44,51)(H,53,54). The molecule has 0 aromatic heterocycles. The minimum Gasteiger partial charge on any atom is -0.508 e. The predicted molar refractivity (Wildman–Crippen MR) is 205 cm³/mol. The van der Waals surface area contributed by atoms with E-state index in [-0.39, 0.29) is 36.7 Å².